The molecule has 1 aromatic heterocycles. The molecule has 0 atom stereocenters. The number of carbonyl (C=O) groups is 1. The number of ketones is 1. The Labute approximate surface area is 105 Å². The Bertz CT molecular complexity index is 548. The number of aryl methyl sites for hydroxylation is 1. The predicted molar refractivity (Wildman–Crippen MR) is 67.0 cm³/mol. The maximum absolute atomic E-state index is 13.5. The Hall–Kier alpha value is -1.97. The Kier molecular flexibility index (Phi) is 3.87. The van der Waals surface area contributed by atoms with Gasteiger partial charge in [0.15, 0.2) is 5.82 Å². The molecule has 0 aliphatic heterocycles. The largest absolute Gasteiger partial charge is 0.329 e. The first kappa shape index (κ1) is 12.5. The number of imidazole rings is 1. The second kappa shape index (κ2) is 5.58. The van der Waals surface area contributed by atoms with Crippen molar-refractivity contribution < 1.29 is 9.18 Å². The molecule has 0 saturated carbocycles. The van der Waals surface area contributed by atoms with E-state index in [1.165, 1.54) is 6.07 Å². The minimum absolute atomic E-state index is 0.0490. The van der Waals surface area contributed by atoms with Crippen LogP contribution in [0, 0.1) is 5.82 Å². The SMILES string of the molecule is CCCn1ccnc1C(=O)Cc1ccccc1F. The van der Waals surface area contributed by atoms with E-state index in [4.69, 9.17) is 0 Å². The molecule has 0 unspecified atom stereocenters. The Morgan fingerprint density at radius 2 is 2.17 bits per heavy atom. The van der Waals surface area contributed by atoms with Gasteiger partial charge in [-0.05, 0) is 18.1 Å². The van der Waals surface area contributed by atoms with E-state index in [0.717, 1.165) is 13.0 Å². The van der Waals surface area contributed by atoms with Crippen molar-refractivity contribution in [1.29, 1.82) is 0 Å². The van der Waals surface area contributed by atoms with Crippen LogP contribution in [0.15, 0.2) is 36.7 Å². The van der Waals surface area contributed by atoms with Crippen molar-refractivity contribution in [2.24, 2.45) is 0 Å². The van der Waals surface area contributed by atoms with E-state index < -0.39 is 0 Å². The molecule has 94 valence electrons. The number of Topliss-reactive ketones (excluding diaryl/α,β-unsaturated/α-hetero) is 1. The molecule has 0 radical (unpaired) electrons. The number of halogens is 1. The van der Waals surface area contributed by atoms with Gasteiger partial charge in [-0.25, -0.2) is 9.37 Å². The van der Waals surface area contributed by atoms with Crippen LogP contribution in [0.1, 0.15) is 29.5 Å². The number of rotatable bonds is 5. The number of carbonyl (C=O) groups excluding carboxylic acids is 1. The number of hydrogen-bond donors (Lipinski definition) is 0. The molecule has 2 rings (SSSR count). The smallest absolute Gasteiger partial charge is 0.202 e. The van der Waals surface area contributed by atoms with Crippen LogP contribution in [-0.4, -0.2) is 15.3 Å². The number of benzene rings is 1. The first-order valence-electron chi connectivity index (χ1n) is 6.00. The fourth-order valence-electron chi connectivity index (χ4n) is 1.88. The standard InChI is InChI=1S/C14H15FN2O/c1-2-8-17-9-7-16-14(17)13(18)10-11-5-3-4-6-12(11)15/h3-7,9H,2,8,10H2,1H3. The van der Waals surface area contributed by atoms with Gasteiger partial charge in [0.25, 0.3) is 0 Å². The lowest BCUT2D eigenvalue weighted by molar-refractivity contribution is 0.0977. The topological polar surface area (TPSA) is 34.9 Å². The number of aromatic nitrogens is 2. The third-order valence-corrected chi connectivity index (χ3v) is 2.74. The predicted octanol–water partition coefficient (Wildman–Crippen LogP) is 2.86. The Morgan fingerprint density at radius 1 is 1.39 bits per heavy atom. The molecule has 0 amide bonds. The van der Waals surface area contributed by atoms with Crippen LogP contribution >= 0.6 is 0 Å². The van der Waals surface area contributed by atoms with E-state index >= 15 is 0 Å². The molecule has 0 saturated heterocycles. The van der Waals surface area contributed by atoms with Crippen LogP contribution in [0.25, 0.3) is 0 Å². The van der Waals surface area contributed by atoms with Gasteiger partial charge in [-0.2, -0.15) is 0 Å². The highest BCUT2D eigenvalue weighted by atomic mass is 19.1. The van der Waals surface area contributed by atoms with E-state index in [9.17, 15) is 9.18 Å². The maximum Gasteiger partial charge on any atom is 0.202 e. The zero-order valence-electron chi connectivity index (χ0n) is 10.3. The van der Waals surface area contributed by atoms with Crippen LogP contribution in [-0.2, 0) is 13.0 Å². The van der Waals surface area contributed by atoms with Crippen molar-refractivity contribution >= 4 is 5.78 Å². The summed E-state index contributed by atoms with van der Waals surface area (Å²) in [6, 6.07) is 6.33. The quantitative estimate of drug-likeness (QED) is 0.760. The molecule has 3 nitrogen and oxygen atoms in total. The second-order valence-electron chi connectivity index (χ2n) is 4.14. The molecule has 1 aromatic carbocycles. The Morgan fingerprint density at radius 3 is 2.89 bits per heavy atom. The zero-order valence-corrected chi connectivity index (χ0v) is 10.3. The van der Waals surface area contributed by atoms with E-state index in [2.05, 4.69) is 4.98 Å². The molecule has 0 fully saturated rings. The van der Waals surface area contributed by atoms with Crippen molar-refractivity contribution in [3.8, 4) is 0 Å². The van der Waals surface area contributed by atoms with E-state index in [0.29, 0.717) is 11.4 Å². The molecule has 4 heteroatoms. The molecule has 0 aliphatic carbocycles. The summed E-state index contributed by atoms with van der Waals surface area (Å²) < 4.78 is 15.3. The highest BCUT2D eigenvalue weighted by Gasteiger charge is 2.14. The van der Waals surface area contributed by atoms with Crippen molar-refractivity contribution in [3.05, 3.63) is 53.9 Å². The molecule has 1 heterocycles. The summed E-state index contributed by atoms with van der Waals surface area (Å²) in [4.78, 5) is 16.1. The monoisotopic (exact) mass is 246 g/mol. The van der Waals surface area contributed by atoms with Crippen LogP contribution in [0.2, 0.25) is 0 Å². The summed E-state index contributed by atoms with van der Waals surface area (Å²) in [6.07, 6.45) is 4.35. The summed E-state index contributed by atoms with van der Waals surface area (Å²) in [5, 5.41) is 0. The van der Waals surface area contributed by atoms with Gasteiger partial charge in [-0.15, -0.1) is 0 Å². The van der Waals surface area contributed by atoms with E-state index in [1.807, 2.05) is 11.5 Å². The summed E-state index contributed by atoms with van der Waals surface area (Å²) in [5.74, 6) is -0.0990. The van der Waals surface area contributed by atoms with Gasteiger partial charge in [-0.3, -0.25) is 4.79 Å². The van der Waals surface area contributed by atoms with Crippen molar-refractivity contribution in [2.45, 2.75) is 26.3 Å². The molecular weight excluding hydrogens is 231 g/mol. The highest BCUT2D eigenvalue weighted by molar-refractivity contribution is 5.94. The van der Waals surface area contributed by atoms with Crippen LogP contribution in [0.3, 0.4) is 0 Å². The molecule has 2 aromatic rings. The Balaban J connectivity index is 2.17. The van der Waals surface area contributed by atoms with Crippen LogP contribution in [0.5, 0.6) is 0 Å². The fourth-order valence-corrected chi connectivity index (χ4v) is 1.88. The fraction of sp³-hybridized carbons (Fsp3) is 0.286. The molecule has 0 N–H and O–H groups in total. The lowest BCUT2D eigenvalue weighted by Gasteiger charge is -2.05. The van der Waals surface area contributed by atoms with Gasteiger partial charge in [0.05, 0.1) is 0 Å². The van der Waals surface area contributed by atoms with Gasteiger partial charge in [0, 0.05) is 25.4 Å². The minimum atomic E-state index is -0.348. The van der Waals surface area contributed by atoms with Gasteiger partial charge in [0.1, 0.15) is 5.82 Å². The first-order chi connectivity index (χ1) is 8.72. The molecular formula is C14H15FN2O. The minimum Gasteiger partial charge on any atom is -0.329 e. The normalized spacial score (nSPS) is 10.6. The molecule has 0 aliphatic rings. The van der Waals surface area contributed by atoms with Crippen molar-refractivity contribution in [2.75, 3.05) is 0 Å². The van der Waals surface area contributed by atoms with Crippen LogP contribution in [0.4, 0.5) is 4.39 Å². The summed E-state index contributed by atoms with van der Waals surface area (Å²) in [5.41, 5.74) is 0.411. The van der Waals surface area contributed by atoms with Gasteiger partial charge in [-0.1, -0.05) is 25.1 Å². The van der Waals surface area contributed by atoms with Gasteiger partial charge >= 0.3 is 0 Å². The first-order valence-corrected chi connectivity index (χ1v) is 6.00. The average Bonchev–Trinajstić information content (AvgIpc) is 2.81. The number of hydrogen-bond acceptors (Lipinski definition) is 2. The highest BCUT2D eigenvalue weighted by Crippen LogP contribution is 2.10. The van der Waals surface area contributed by atoms with Crippen LogP contribution < -0.4 is 0 Å². The summed E-state index contributed by atoms with van der Waals surface area (Å²) in [7, 11) is 0. The average molecular weight is 246 g/mol. The summed E-state index contributed by atoms with van der Waals surface area (Å²) in [6.45, 7) is 2.78. The lowest BCUT2D eigenvalue weighted by Crippen LogP contribution is -2.13. The second-order valence-corrected chi connectivity index (χ2v) is 4.14. The van der Waals surface area contributed by atoms with Gasteiger partial charge < -0.3 is 4.57 Å². The summed E-state index contributed by atoms with van der Waals surface area (Å²) >= 11 is 0. The third-order valence-electron chi connectivity index (χ3n) is 2.74. The maximum atomic E-state index is 13.5. The molecule has 18 heavy (non-hydrogen) atoms. The molecule has 0 spiro atoms. The van der Waals surface area contributed by atoms with Crippen molar-refractivity contribution in [1.82, 2.24) is 9.55 Å². The lowest BCUT2D eigenvalue weighted by atomic mass is 10.1. The van der Waals surface area contributed by atoms with E-state index in [-0.39, 0.29) is 18.0 Å². The van der Waals surface area contributed by atoms with E-state index in [1.54, 1.807) is 30.6 Å². The molecule has 0 bridgehead atoms. The van der Waals surface area contributed by atoms with Crippen molar-refractivity contribution in [3.63, 3.8) is 0 Å². The third kappa shape index (κ3) is 2.64. The van der Waals surface area contributed by atoms with Gasteiger partial charge in [0.2, 0.25) is 5.78 Å². The zero-order chi connectivity index (χ0) is 13.0. The number of nitrogens with zero attached hydrogens (tertiary/aromatic N) is 2.